The molecule has 5 N–H and O–H groups in total. The first-order valence-corrected chi connectivity index (χ1v) is 5.95. The van der Waals surface area contributed by atoms with E-state index in [-0.39, 0.29) is 12.5 Å². The molecule has 0 aliphatic carbocycles. The van der Waals surface area contributed by atoms with E-state index in [2.05, 4.69) is 20.6 Å². The van der Waals surface area contributed by atoms with Gasteiger partial charge in [-0.3, -0.25) is 4.79 Å². The lowest BCUT2D eigenvalue weighted by atomic mass is 10.3. The van der Waals surface area contributed by atoms with E-state index in [0.29, 0.717) is 18.2 Å². The number of hydrogen-bond acceptors (Lipinski definition) is 4. The molecule has 0 radical (unpaired) electrons. The van der Waals surface area contributed by atoms with Gasteiger partial charge in [-0.2, -0.15) is 0 Å². The summed E-state index contributed by atoms with van der Waals surface area (Å²) in [5.41, 5.74) is 8.03. The molecule has 1 aromatic heterocycles. The first-order chi connectivity index (χ1) is 8.69. The lowest BCUT2D eigenvalue weighted by Crippen LogP contribution is -2.30. The van der Waals surface area contributed by atoms with Crippen molar-refractivity contribution >= 4 is 28.6 Å². The fourth-order valence-corrected chi connectivity index (χ4v) is 1.60. The van der Waals surface area contributed by atoms with Gasteiger partial charge in [-0.25, -0.2) is 4.98 Å². The fourth-order valence-electron chi connectivity index (χ4n) is 1.60. The first kappa shape index (κ1) is 12.2. The summed E-state index contributed by atoms with van der Waals surface area (Å²) >= 11 is 0. The third-order valence-electron chi connectivity index (χ3n) is 2.49. The van der Waals surface area contributed by atoms with Crippen molar-refractivity contribution in [1.82, 2.24) is 15.3 Å². The van der Waals surface area contributed by atoms with Crippen LogP contribution in [0, 0.1) is 0 Å². The van der Waals surface area contributed by atoms with Gasteiger partial charge in [0.1, 0.15) is 0 Å². The topological polar surface area (TPSA) is 95.8 Å². The smallest absolute Gasteiger partial charge is 0.239 e. The van der Waals surface area contributed by atoms with Crippen LogP contribution in [0.4, 0.5) is 11.6 Å². The zero-order chi connectivity index (χ0) is 13.0. The van der Waals surface area contributed by atoms with E-state index in [1.165, 1.54) is 0 Å². The Morgan fingerprint density at radius 1 is 1.50 bits per heavy atom. The molecule has 0 unspecified atom stereocenters. The van der Waals surface area contributed by atoms with Gasteiger partial charge in [-0.15, -0.1) is 0 Å². The number of anilines is 2. The van der Waals surface area contributed by atoms with Crippen LogP contribution in [0.1, 0.15) is 13.3 Å². The summed E-state index contributed by atoms with van der Waals surface area (Å²) in [6.45, 7) is 2.91. The molecule has 2 rings (SSSR count). The van der Waals surface area contributed by atoms with Crippen molar-refractivity contribution in [2.45, 2.75) is 13.3 Å². The molecular weight excluding hydrogens is 230 g/mol. The summed E-state index contributed by atoms with van der Waals surface area (Å²) in [4.78, 5) is 18.8. The summed E-state index contributed by atoms with van der Waals surface area (Å²) in [6, 6.07) is 5.44. The Hall–Kier alpha value is -2.24. The molecule has 6 nitrogen and oxygen atoms in total. The van der Waals surface area contributed by atoms with Gasteiger partial charge in [-0.05, 0) is 24.6 Å². The number of aromatic amines is 1. The van der Waals surface area contributed by atoms with Gasteiger partial charge in [-0.1, -0.05) is 6.92 Å². The second-order valence-electron chi connectivity index (χ2n) is 4.07. The molecule has 6 heteroatoms. The number of benzene rings is 1. The van der Waals surface area contributed by atoms with E-state index in [0.717, 1.165) is 17.5 Å². The molecule has 1 heterocycles. The largest absolute Gasteiger partial charge is 0.399 e. The third-order valence-corrected chi connectivity index (χ3v) is 2.49. The second kappa shape index (κ2) is 5.39. The zero-order valence-corrected chi connectivity index (χ0v) is 10.3. The summed E-state index contributed by atoms with van der Waals surface area (Å²) in [5, 5.41) is 5.73. The Balaban J connectivity index is 1.97. The van der Waals surface area contributed by atoms with Crippen LogP contribution in [0.3, 0.4) is 0 Å². The lowest BCUT2D eigenvalue weighted by molar-refractivity contribution is -0.119. The Morgan fingerprint density at radius 3 is 3.11 bits per heavy atom. The standard InChI is InChI=1S/C12H17N5O/c1-2-5-14-11(18)7-15-12-16-9-4-3-8(13)6-10(9)17-12/h3-4,6H,2,5,7,13H2,1H3,(H,14,18)(H2,15,16,17). The number of hydrogen-bond donors (Lipinski definition) is 4. The van der Waals surface area contributed by atoms with Gasteiger partial charge in [0, 0.05) is 12.2 Å². The number of nitrogens with one attached hydrogen (secondary N) is 3. The van der Waals surface area contributed by atoms with Crippen molar-refractivity contribution in [3.63, 3.8) is 0 Å². The highest BCUT2D eigenvalue weighted by Crippen LogP contribution is 2.16. The SMILES string of the molecule is CCCNC(=O)CNc1nc2ccc(N)cc2[nH]1. The maximum absolute atomic E-state index is 11.4. The first-order valence-electron chi connectivity index (χ1n) is 5.95. The molecular formula is C12H17N5O. The molecule has 0 aliphatic rings. The minimum absolute atomic E-state index is 0.0446. The van der Waals surface area contributed by atoms with Crippen LogP contribution in [0.15, 0.2) is 18.2 Å². The number of nitrogens with zero attached hydrogens (tertiary/aromatic N) is 1. The van der Waals surface area contributed by atoms with Crippen molar-refractivity contribution in [2.24, 2.45) is 0 Å². The van der Waals surface area contributed by atoms with E-state index in [9.17, 15) is 4.79 Å². The quantitative estimate of drug-likeness (QED) is 0.594. The van der Waals surface area contributed by atoms with Gasteiger partial charge < -0.3 is 21.4 Å². The minimum atomic E-state index is -0.0446. The van der Waals surface area contributed by atoms with Crippen LogP contribution >= 0.6 is 0 Å². The molecule has 0 fully saturated rings. The Morgan fingerprint density at radius 2 is 2.33 bits per heavy atom. The average Bonchev–Trinajstić information content (AvgIpc) is 2.75. The summed E-state index contributed by atoms with van der Waals surface area (Å²) in [6.07, 6.45) is 0.926. The number of nitrogens with two attached hydrogens (primary N) is 1. The maximum Gasteiger partial charge on any atom is 0.239 e. The molecule has 1 amide bonds. The number of H-pyrrole nitrogens is 1. The highest BCUT2D eigenvalue weighted by atomic mass is 16.1. The van der Waals surface area contributed by atoms with E-state index < -0.39 is 0 Å². The van der Waals surface area contributed by atoms with Crippen molar-refractivity contribution in [3.8, 4) is 0 Å². The maximum atomic E-state index is 11.4. The molecule has 96 valence electrons. The Labute approximate surface area is 105 Å². The lowest BCUT2D eigenvalue weighted by Gasteiger charge is -2.03. The molecule has 0 aliphatic heterocycles. The Kier molecular flexibility index (Phi) is 3.66. The highest BCUT2D eigenvalue weighted by Gasteiger charge is 2.04. The van der Waals surface area contributed by atoms with Gasteiger partial charge >= 0.3 is 0 Å². The van der Waals surface area contributed by atoms with Crippen molar-refractivity contribution in [2.75, 3.05) is 24.1 Å². The molecule has 2 aromatic rings. The predicted octanol–water partition coefficient (Wildman–Crippen LogP) is 1.08. The third kappa shape index (κ3) is 2.91. The minimum Gasteiger partial charge on any atom is -0.399 e. The summed E-state index contributed by atoms with van der Waals surface area (Å²) in [7, 11) is 0. The van der Waals surface area contributed by atoms with Crippen LogP contribution in [0.5, 0.6) is 0 Å². The van der Waals surface area contributed by atoms with Crippen LogP contribution in [0.2, 0.25) is 0 Å². The summed E-state index contributed by atoms with van der Waals surface area (Å²) in [5.74, 6) is 0.527. The number of imidazole rings is 1. The Bertz CT molecular complexity index is 548. The van der Waals surface area contributed by atoms with Crippen LogP contribution in [-0.2, 0) is 4.79 Å². The van der Waals surface area contributed by atoms with Crippen LogP contribution in [-0.4, -0.2) is 29.0 Å². The van der Waals surface area contributed by atoms with E-state index in [1.54, 1.807) is 6.07 Å². The second-order valence-corrected chi connectivity index (χ2v) is 4.07. The van der Waals surface area contributed by atoms with Gasteiger partial charge in [0.25, 0.3) is 0 Å². The van der Waals surface area contributed by atoms with Gasteiger partial charge in [0.2, 0.25) is 11.9 Å². The van der Waals surface area contributed by atoms with Crippen molar-refractivity contribution < 1.29 is 4.79 Å². The normalized spacial score (nSPS) is 10.5. The number of amides is 1. The number of aromatic nitrogens is 2. The molecule has 0 saturated heterocycles. The molecule has 0 spiro atoms. The van der Waals surface area contributed by atoms with Gasteiger partial charge in [0.05, 0.1) is 17.6 Å². The van der Waals surface area contributed by atoms with Gasteiger partial charge in [0.15, 0.2) is 0 Å². The number of carbonyl (C=O) groups is 1. The average molecular weight is 247 g/mol. The molecule has 0 atom stereocenters. The number of rotatable bonds is 5. The van der Waals surface area contributed by atoms with Crippen molar-refractivity contribution in [3.05, 3.63) is 18.2 Å². The van der Waals surface area contributed by atoms with E-state index in [4.69, 9.17) is 5.73 Å². The molecule has 18 heavy (non-hydrogen) atoms. The van der Waals surface area contributed by atoms with Crippen LogP contribution in [0.25, 0.3) is 11.0 Å². The van der Waals surface area contributed by atoms with E-state index in [1.807, 2.05) is 19.1 Å². The number of carbonyl (C=O) groups excluding carboxylic acids is 1. The molecule has 0 bridgehead atoms. The predicted molar refractivity (Wildman–Crippen MR) is 72.3 cm³/mol. The summed E-state index contributed by atoms with van der Waals surface area (Å²) < 4.78 is 0. The number of nitrogen functional groups attached to an aromatic ring is 1. The number of fused-ring (bicyclic) bond motifs is 1. The zero-order valence-electron chi connectivity index (χ0n) is 10.3. The molecule has 1 aromatic carbocycles. The van der Waals surface area contributed by atoms with Crippen LogP contribution < -0.4 is 16.4 Å². The van der Waals surface area contributed by atoms with E-state index >= 15 is 0 Å². The van der Waals surface area contributed by atoms with Crippen molar-refractivity contribution in [1.29, 1.82) is 0 Å². The molecule has 0 saturated carbocycles. The fraction of sp³-hybridized carbons (Fsp3) is 0.333. The highest BCUT2D eigenvalue weighted by molar-refractivity contribution is 5.83. The monoisotopic (exact) mass is 247 g/mol.